The quantitative estimate of drug-likeness (QED) is 0.410. The predicted octanol–water partition coefficient (Wildman–Crippen LogP) is 3.45. The number of methoxy groups -OCH3 is 1. The largest absolute Gasteiger partial charge is 0.504 e. The van der Waals surface area contributed by atoms with Gasteiger partial charge in [-0.3, -0.25) is 9.59 Å². The Morgan fingerprint density at radius 1 is 1.06 bits per heavy atom. The molecule has 4 rings (SSSR count). The number of anilines is 1. The van der Waals surface area contributed by atoms with E-state index in [4.69, 9.17) is 4.74 Å². The fourth-order valence-electron chi connectivity index (χ4n) is 3.98. The average molecular weight is 487 g/mol. The van der Waals surface area contributed by atoms with E-state index in [9.17, 15) is 14.7 Å². The van der Waals surface area contributed by atoms with Crippen LogP contribution >= 0.6 is 0 Å². The normalized spacial score (nSPS) is 11.6. The molecule has 0 fully saturated rings. The minimum atomic E-state index is -1.01. The molecule has 0 bridgehead atoms. The molecule has 1 atom stereocenters. The summed E-state index contributed by atoms with van der Waals surface area (Å²) in [5, 5.41) is 24.1. The number of aromatic hydroxyl groups is 1. The Kier molecular flexibility index (Phi) is 6.95. The van der Waals surface area contributed by atoms with E-state index in [1.807, 2.05) is 32.0 Å². The number of nitrogens with zero attached hydrogens (tertiary/aromatic N) is 5. The molecule has 36 heavy (non-hydrogen) atoms. The van der Waals surface area contributed by atoms with Crippen molar-refractivity contribution in [1.82, 2.24) is 25.1 Å². The highest BCUT2D eigenvalue weighted by Crippen LogP contribution is 2.33. The minimum Gasteiger partial charge on any atom is -0.504 e. The van der Waals surface area contributed by atoms with E-state index in [1.54, 1.807) is 43.4 Å². The van der Waals surface area contributed by atoms with E-state index in [2.05, 4.69) is 20.8 Å². The third-order valence-corrected chi connectivity index (χ3v) is 5.93. The topological polar surface area (TPSA) is 122 Å². The van der Waals surface area contributed by atoms with Crippen molar-refractivity contribution in [1.29, 1.82) is 0 Å². The predicted molar refractivity (Wildman–Crippen MR) is 133 cm³/mol. The molecule has 1 heterocycles. The molecule has 2 amide bonds. The monoisotopic (exact) mass is 486 g/mol. The van der Waals surface area contributed by atoms with Gasteiger partial charge in [-0.25, -0.2) is 4.68 Å². The molecular weight excluding hydrogens is 460 g/mol. The lowest BCUT2D eigenvalue weighted by atomic mass is 10.0. The number of rotatable bonds is 7. The van der Waals surface area contributed by atoms with Crippen molar-refractivity contribution in [3.8, 4) is 17.2 Å². The molecule has 10 nitrogen and oxygen atoms in total. The lowest BCUT2D eigenvalue weighted by Gasteiger charge is -2.29. The van der Waals surface area contributed by atoms with Crippen LogP contribution in [0.5, 0.6) is 11.5 Å². The van der Waals surface area contributed by atoms with Crippen LogP contribution in [0.4, 0.5) is 5.69 Å². The zero-order valence-electron chi connectivity index (χ0n) is 20.3. The summed E-state index contributed by atoms with van der Waals surface area (Å²) in [5.74, 6) is -0.639. The average Bonchev–Trinajstić information content (AvgIpc) is 3.42. The van der Waals surface area contributed by atoms with Crippen molar-refractivity contribution in [2.24, 2.45) is 0 Å². The number of hydrogen-bond acceptors (Lipinski definition) is 7. The number of ether oxygens (including phenoxy) is 1. The van der Waals surface area contributed by atoms with Crippen LogP contribution in [0.15, 0.2) is 67.0 Å². The molecule has 4 aromatic rings. The highest BCUT2D eigenvalue weighted by molar-refractivity contribution is 6.02. The van der Waals surface area contributed by atoms with Crippen molar-refractivity contribution >= 4 is 17.5 Å². The number of aromatic nitrogens is 4. The van der Waals surface area contributed by atoms with Crippen molar-refractivity contribution in [2.45, 2.75) is 19.9 Å². The van der Waals surface area contributed by atoms with Crippen LogP contribution in [0.2, 0.25) is 0 Å². The Hall–Kier alpha value is -4.73. The maximum atomic E-state index is 13.7. The standard InChI is InChI=1S/C26H26N6O4/c1-16-6-5-7-17(2)23(16)28-25(34)24(19-10-13-21(33)22(14-19)36-4)31(3)26(35)18-8-11-20(12-9-18)32-15-27-29-30-32/h5-15,24,33H,1-4H3,(H,28,34)/t24-/m0/s1. The van der Waals surface area contributed by atoms with Gasteiger partial charge in [0, 0.05) is 18.3 Å². The lowest BCUT2D eigenvalue weighted by Crippen LogP contribution is -2.39. The van der Waals surface area contributed by atoms with E-state index in [0.717, 1.165) is 11.1 Å². The maximum absolute atomic E-state index is 13.7. The summed E-state index contributed by atoms with van der Waals surface area (Å²) in [6.07, 6.45) is 1.45. The summed E-state index contributed by atoms with van der Waals surface area (Å²) in [6, 6.07) is 16.0. The van der Waals surface area contributed by atoms with Crippen LogP contribution in [-0.2, 0) is 4.79 Å². The summed E-state index contributed by atoms with van der Waals surface area (Å²) >= 11 is 0. The third kappa shape index (κ3) is 4.88. The highest BCUT2D eigenvalue weighted by Gasteiger charge is 2.31. The smallest absolute Gasteiger partial charge is 0.254 e. The first-order valence-electron chi connectivity index (χ1n) is 11.1. The van der Waals surface area contributed by atoms with Gasteiger partial charge >= 0.3 is 0 Å². The molecule has 0 aliphatic heterocycles. The Labute approximate surface area is 208 Å². The zero-order chi connectivity index (χ0) is 25.8. The Morgan fingerprint density at radius 3 is 2.36 bits per heavy atom. The number of nitrogens with one attached hydrogen (secondary N) is 1. The Bertz CT molecular complexity index is 1370. The molecule has 10 heteroatoms. The molecular formula is C26H26N6O4. The van der Waals surface area contributed by atoms with Gasteiger partial charge in [0.1, 0.15) is 12.4 Å². The molecule has 1 aromatic heterocycles. The molecule has 0 unspecified atom stereocenters. The number of benzene rings is 3. The second-order valence-corrected chi connectivity index (χ2v) is 8.31. The highest BCUT2D eigenvalue weighted by atomic mass is 16.5. The minimum absolute atomic E-state index is 0.0673. The molecule has 3 aromatic carbocycles. The molecule has 0 radical (unpaired) electrons. The van der Waals surface area contributed by atoms with Gasteiger partial charge in [-0.1, -0.05) is 24.3 Å². The van der Waals surface area contributed by atoms with Crippen LogP contribution in [-0.4, -0.2) is 56.2 Å². The van der Waals surface area contributed by atoms with Crippen LogP contribution in [0, 0.1) is 13.8 Å². The number of phenols is 1. The molecule has 2 N–H and O–H groups in total. The second kappa shape index (κ2) is 10.3. The first-order chi connectivity index (χ1) is 17.3. The van der Waals surface area contributed by atoms with Gasteiger partial charge in [0.05, 0.1) is 12.8 Å². The van der Waals surface area contributed by atoms with E-state index in [1.165, 1.54) is 29.1 Å². The van der Waals surface area contributed by atoms with Crippen molar-refractivity contribution in [3.63, 3.8) is 0 Å². The van der Waals surface area contributed by atoms with Gasteiger partial charge in [-0.15, -0.1) is 5.10 Å². The van der Waals surface area contributed by atoms with E-state index < -0.39 is 11.9 Å². The second-order valence-electron chi connectivity index (χ2n) is 8.31. The molecule has 0 aliphatic carbocycles. The summed E-state index contributed by atoms with van der Waals surface area (Å²) in [6.45, 7) is 3.81. The molecule has 184 valence electrons. The fourth-order valence-corrected chi connectivity index (χ4v) is 3.98. The lowest BCUT2D eigenvalue weighted by molar-refractivity contribution is -0.120. The van der Waals surface area contributed by atoms with Crippen LogP contribution in [0.25, 0.3) is 5.69 Å². The number of aryl methyl sites for hydroxylation is 2. The summed E-state index contributed by atoms with van der Waals surface area (Å²) in [5.41, 5.74) is 4.03. The fraction of sp³-hybridized carbons (Fsp3) is 0.192. The first-order valence-corrected chi connectivity index (χ1v) is 11.1. The zero-order valence-corrected chi connectivity index (χ0v) is 20.3. The van der Waals surface area contributed by atoms with E-state index in [-0.39, 0.29) is 17.4 Å². The Balaban J connectivity index is 1.69. The van der Waals surface area contributed by atoms with Gasteiger partial charge in [0.15, 0.2) is 11.5 Å². The number of phenolic OH excluding ortho intramolecular Hbond substituents is 1. The van der Waals surface area contributed by atoms with Gasteiger partial charge in [-0.05, 0) is 77.4 Å². The third-order valence-electron chi connectivity index (χ3n) is 5.93. The number of carbonyl (C=O) groups is 2. The molecule has 0 spiro atoms. The van der Waals surface area contributed by atoms with Crippen LogP contribution in [0.3, 0.4) is 0 Å². The van der Waals surface area contributed by atoms with Gasteiger partial charge < -0.3 is 20.1 Å². The van der Waals surface area contributed by atoms with Crippen LogP contribution in [0.1, 0.15) is 33.1 Å². The SMILES string of the molecule is COc1cc([C@@H](C(=O)Nc2c(C)cccc2C)N(C)C(=O)c2ccc(-n3cnnn3)cc2)ccc1O. The number of tetrazole rings is 1. The first kappa shape index (κ1) is 24.4. The van der Waals surface area contributed by atoms with Gasteiger partial charge in [-0.2, -0.15) is 0 Å². The van der Waals surface area contributed by atoms with Gasteiger partial charge in [0.2, 0.25) is 0 Å². The number of carbonyl (C=O) groups excluding carboxylic acids is 2. The Morgan fingerprint density at radius 2 is 1.75 bits per heavy atom. The molecule has 0 saturated heterocycles. The maximum Gasteiger partial charge on any atom is 0.254 e. The van der Waals surface area contributed by atoms with Crippen molar-refractivity contribution in [3.05, 3.63) is 89.2 Å². The molecule has 0 aliphatic rings. The van der Waals surface area contributed by atoms with Crippen molar-refractivity contribution < 1.29 is 19.4 Å². The number of para-hydroxylation sites is 1. The number of amides is 2. The van der Waals surface area contributed by atoms with Gasteiger partial charge in [0.25, 0.3) is 11.8 Å². The van der Waals surface area contributed by atoms with E-state index >= 15 is 0 Å². The molecule has 0 saturated carbocycles. The number of hydrogen-bond donors (Lipinski definition) is 2. The van der Waals surface area contributed by atoms with E-state index in [0.29, 0.717) is 22.5 Å². The summed E-state index contributed by atoms with van der Waals surface area (Å²) in [4.78, 5) is 28.5. The summed E-state index contributed by atoms with van der Waals surface area (Å²) < 4.78 is 6.72. The summed E-state index contributed by atoms with van der Waals surface area (Å²) in [7, 11) is 2.98. The number of likely N-dealkylation sites (N-methyl/N-ethyl adjacent to an activating group) is 1. The van der Waals surface area contributed by atoms with Crippen LogP contribution < -0.4 is 10.1 Å². The van der Waals surface area contributed by atoms with Crippen molar-refractivity contribution in [2.75, 3.05) is 19.5 Å².